The minimum absolute atomic E-state index is 0.0509. The summed E-state index contributed by atoms with van der Waals surface area (Å²) in [5.41, 5.74) is 3.77. The Labute approximate surface area is 214 Å². The summed E-state index contributed by atoms with van der Waals surface area (Å²) in [4.78, 5) is 20.1. The van der Waals surface area contributed by atoms with Crippen molar-refractivity contribution < 1.29 is 9.18 Å². The SMILES string of the molecule is CCN1CCN(c2c(CN(C(=O)CCc3ccccc3)C(C)C)c(C)nn2-c2cccc(F)c2)CC1. The van der Waals surface area contributed by atoms with Crippen molar-refractivity contribution in [3.05, 3.63) is 77.2 Å². The number of carbonyl (C=O) groups is 1. The Morgan fingerprint density at radius 2 is 1.78 bits per heavy atom. The molecule has 192 valence electrons. The van der Waals surface area contributed by atoms with Crippen LogP contribution in [0.2, 0.25) is 0 Å². The quantitative estimate of drug-likeness (QED) is 0.430. The van der Waals surface area contributed by atoms with Crippen molar-refractivity contribution in [2.45, 2.75) is 53.1 Å². The molecule has 1 amide bonds. The molecule has 0 saturated carbocycles. The lowest BCUT2D eigenvalue weighted by molar-refractivity contribution is -0.133. The fourth-order valence-corrected chi connectivity index (χ4v) is 4.89. The summed E-state index contributed by atoms with van der Waals surface area (Å²) in [6.07, 6.45) is 1.18. The van der Waals surface area contributed by atoms with E-state index >= 15 is 0 Å². The van der Waals surface area contributed by atoms with Crippen LogP contribution in [0, 0.1) is 12.7 Å². The number of likely N-dealkylation sites (N-methyl/N-ethyl adjacent to an activating group) is 1. The van der Waals surface area contributed by atoms with Crippen molar-refractivity contribution in [1.82, 2.24) is 19.6 Å². The Balaban J connectivity index is 1.65. The molecule has 2 aromatic carbocycles. The molecule has 1 fully saturated rings. The molecule has 0 spiro atoms. The van der Waals surface area contributed by atoms with Crippen molar-refractivity contribution in [1.29, 1.82) is 0 Å². The summed E-state index contributed by atoms with van der Waals surface area (Å²) in [5.74, 6) is 0.813. The van der Waals surface area contributed by atoms with Gasteiger partial charge in [0.2, 0.25) is 5.91 Å². The number of benzene rings is 2. The molecule has 2 heterocycles. The lowest BCUT2D eigenvalue weighted by Gasteiger charge is -2.36. The van der Waals surface area contributed by atoms with E-state index in [0.717, 1.165) is 56.2 Å². The predicted octanol–water partition coefficient (Wildman–Crippen LogP) is 4.83. The average Bonchev–Trinajstić information content (AvgIpc) is 3.22. The number of piperazine rings is 1. The van der Waals surface area contributed by atoms with Gasteiger partial charge in [0.05, 0.1) is 17.9 Å². The van der Waals surface area contributed by atoms with Crippen LogP contribution in [0.5, 0.6) is 0 Å². The molecule has 7 heteroatoms. The van der Waals surface area contributed by atoms with E-state index in [-0.39, 0.29) is 17.8 Å². The van der Waals surface area contributed by atoms with E-state index in [0.29, 0.717) is 18.7 Å². The monoisotopic (exact) mass is 491 g/mol. The second kappa shape index (κ2) is 11.7. The van der Waals surface area contributed by atoms with Crippen LogP contribution in [0.25, 0.3) is 5.69 Å². The highest BCUT2D eigenvalue weighted by Crippen LogP contribution is 2.30. The number of nitrogens with zero attached hydrogens (tertiary/aromatic N) is 5. The fourth-order valence-electron chi connectivity index (χ4n) is 4.89. The molecule has 0 radical (unpaired) electrons. The van der Waals surface area contributed by atoms with Gasteiger partial charge >= 0.3 is 0 Å². The van der Waals surface area contributed by atoms with Crippen LogP contribution in [0.1, 0.15) is 44.0 Å². The van der Waals surface area contributed by atoms with E-state index < -0.39 is 0 Å². The zero-order chi connectivity index (χ0) is 25.7. The standard InChI is InChI=1S/C29H38FN5O/c1-5-32-16-18-33(19-17-32)29-27(23(4)31-35(29)26-13-9-12-25(30)20-26)21-34(22(2)3)28(36)15-14-24-10-7-6-8-11-24/h6-13,20,22H,5,14-19,21H2,1-4H3. The first-order valence-electron chi connectivity index (χ1n) is 13.0. The van der Waals surface area contributed by atoms with Crippen LogP contribution < -0.4 is 4.90 Å². The Kier molecular flexibility index (Phi) is 8.41. The minimum Gasteiger partial charge on any atom is -0.354 e. The Morgan fingerprint density at radius 3 is 2.42 bits per heavy atom. The molecule has 1 saturated heterocycles. The van der Waals surface area contributed by atoms with Gasteiger partial charge in [0, 0.05) is 44.2 Å². The van der Waals surface area contributed by atoms with Gasteiger partial charge < -0.3 is 14.7 Å². The van der Waals surface area contributed by atoms with Crippen molar-refractivity contribution in [3.8, 4) is 5.69 Å². The van der Waals surface area contributed by atoms with Gasteiger partial charge in [-0.15, -0.1) is 0 Å². The molecule has 6 nitrogen and oxygen atoms in total. The molecule has 0 atom stereocenters. The smallest absolute Gasteiger partial charge is 0.223 e. The summed E-state index contributed by atoms with van der Waals surface area (Å²) in [7, 11) is 0. The number of hydrogen-bond acceptors (Lipinski definition) is 4. The average molecular weight is 492 g/mol. The molecule has 0 aliphatic carbocycles. The van der Waals surface area contributed by atoms with Gasteiger partial charge in [-0.25, -0.2) is 9.07 Å². The maximum absolute atomic E-state index is 14.2. The third kappa shape index (κ3) is 5.95. The number of hydrogen-bond donors (Lipinski definition) is 0. The van der Waals surface area contributed by atoms with Crippen LogP contribution in [0.15, 0.2) is 54.6 Å². The Morgan fingerprint density at radius 1 is 1.06 bits per heavy atom. The van der Waals surface area contributed by atoms with E-state index in [1.807, 2.05) is 40.8 Å². The lowest BCUT2D eigenvalue weighted by Crippen LogP contribution is -2.47. The molecule has 4 rings (SSSR count). The number of aromatic nitrogens is 2. The number of carbonyl (C=O) groups excluding carboxylic acids is 1. The maximum Gasteiger partial charge on any atom is 0.223 e. The van der Waals surface area contributed by atoms with Crippen molar-refractivity contribution >= 4 is 11.7 Å². The summed E-state index contributed by atoms with van der Waals surface area (Å²) in [6.45, 7) is 13.5. The topological polar surface area (TPSA) is 44.6 Å². The number of aryl methyl sites for hydroxylation is 2. The summed E-state index contributed by atoms with van der Waals surface area (Å²) in [5, 5.41) is 4.86. The van der Waals surface area contributed by atoms with E-state index in [1.165, 1.54) is 17.7 Å². The minimum atomic E-state index is -0.288. The Bertz CT molecular complexity index is 1150. The molecule has 1 aliphatic heterocycles. The van der Waals surface area contributed by atoms with E-state index in [1.54, 1.807) is 6.07 Å². The summed E-state index contributed by atoms with van der Waals surface area (Å²) >= 11 is 0. The van der Waals surface area contributed by atoms with Crippen molar-refractivity contribution in [2.75, 3.05) is 37.6 Å². The zero-order valence-corrected chi connectivity index (χ0v) is 22.0. The molecule has 36 heavy (non-hydrogen) atoms. The third-order valence-corrected chi connectivity index (χ3v) is 7.07. The highest BCUT2D eigenvalue weighted by atomic mass is 19.1. The van der Waals surface area contributed by atoms with E-state index in [2.05, 4.69) is 42.7 Å². The first-order valence-corrected chi connectivity index (χ1v) is 13.0. The predicted molar refractivity (Wildman–Crippen MR) is 143 cm³/mol. The largest absolute Gasteiger partial charge is 0.354 e. The van der Waals surface area contributed by atoms with E-state index in [4.69, 9.17) is 5.10 Å². The van der Waals surface area contributed by atoms with Gasteiger partial charge in [-0.2, -0.15) is 5.10 Å². The van der Waals surface area contributed by atoms with Crippen LogP contribution in [0.4, 0.5) is 10.2 Å². The second-order valence-corrected chi connectivity index (χ2v) is 9.80. The molecule has 0 N–H and O–H groups in total. The fraction of sp³-hybridized carbons (Fsp3) is 0.448. The maximum atomic E-state index is 14.2. The Hall–Kier alpha value is -3.19. The zero-order valence-electron chi connectivity index (χ0n) is 22.0. The highest BCUT2D eigenvalue weighted by molar-refractivity contribution is 5.77. The molecular formula is C29H38FN5O. The first-order chi connectivity index (χ1) is 17.4. The number of halogens is 1. The summed E-state index contributed by atoms with van der Waals surface area (Å²) < 4.78 is 16.0. The van der Waals surface area contributed by atoms with Crippen LogP contribution in [-0.4, -0.2) is 64.3 Å². The summed E-state index contributed by atoms with van der Waals surface area (Å²) in [6, 6.07) is 16.8. The number of rotatable bonds is 9. The molecule has 1 aliphatic rings. The van der Waals surface area contributed by atoms with Gasteiger partial charge in [-0.1, -0.05) is 43.3 Å². The highest BCUT2D eigenvalue weighted by Gasteiger charge is 2.28. The van der Waals surface area contributed by atoms with Gasteiger partial charge in [0.25, 0.3) is 0 Å². The number of anilines is 1. The van der Waals surface area contributed by atoms with Crippen LogP contribution in [0.3, 0.4) is 0 Å². The normalized spacial score (nSPS) is 14.4. The molecule has 0 unspecified atom stereocenters. The van der Waals surface area contributed by atoms with Crippen LogP contribution in [-0.2, 0) is 17.8 Å². The van der Waals surface area contributed by atoms with E-state index in [9.17, 15) is 9.18 Å². The van der Waals surface area contributed by atoms with Gasteiger partial charge in [-0.3, -0.25) is 4.79 Å². The van der Waals surface area contributed by atoms with Crippen molar-refractivity contribution in [2.24, 2.45) is 0 Å². The second-order valence-electron chi connectivity index (χ2n) is 9.80. The number of amides is 1. The van der Waals surface area contributed by atoms with Gasteiger partial charge in [0.1, 0.15) is 11.6 Å². The molecule has 3 aromatic rings. The lowest BCUT2D eigenvalue weighted by atomic mass is 10.1. The molecule has 1 aromatic heterocycles. The molecule has 0 bridgehead atoms. The van der Waals surface area contributed by atoms with Crippen LogP contribution >= 0.6 is 0 Å². The van der Waals surface area contributed by atoms with Gasteiger partial charge in [0.15, 0.2) is 0 Å². The first kappa shape index (κ1) is 25.9. The van der Waals surface area contributed by atoms with Gasteiger partial charge in [-0.05, 0) is 57.5 Å². The third-order valence-electron chi connectivity index (χ3n) is 7.07. The van der Waals surface area contributed by atoms with Crippen molar-refractivity contribution in [3.63, 3.8) is 0 Å². The molecular weight excluding hydrogens is 453 g/mol.